The van der Waals surface area contributed by atoms with E-state index in [1.54, 1.807) is 0 Å². The van der Waals surface area contributed by atoms with E-state index in [4.69, 9.17) is 0 Å². The Morgan fingerprint density at radius 3 is 1.76 bits per heavy atom. The lowest BCUT2D eigenvalue weighted by atomic mass is 9.58. The van der Waals surface area contributed by atoms with Gasteiger partial charge in [-0.1, -0.05) is 169 Å². The molecule has 8 aromatic rings. The van der Waals surface area contributed by atoms with Crippen molar-refractivity contribution in [2.75, 3.05) is 5.32 Å². The number of anilines is 2. The van der Waals surface area contributed by atoms with Crippen LogP contribution in [0, 0.1) is 0 Å². The number of nitrogens with one attached hydrogen (secondary N) is 1. The molecule has 1 aromatic heterocycles. The largest absolute Gasteiger partial charge is 0.355 e. The fourth-order valence-electron chi connectivity index (χ4n) is 12.8. The van der Waals surface area contributed by atoms with Crippen LogP contribution in [0.5, 0.6) is 0 Å². The topological polar surface area (TPSA) is 17.0 Å². The number of hydrogen-bond acceptors (Lipinski definition) is 1. The third-order valence-corrected chi connectivity index (χ3v) is 17.2. The number of nitrogens with zero attached hydrogens (tertiary/aromatic N) is 1. The minimum absolute atomic E-state index is 0.0106. The molecule has 0 unspecified atom stereocenters. The van der Waals surface area contributed by atoms with E-state index in [9.17, 15) is 0 Å². The summed E-state index contributed by atoms with van der Waals surface area (Å²) < 4.78 is 2.61. The van der Waals surface area contributed by atoms with E-state index >= 15 is 0 Å². The van der Waals surface area contributed by atoms with Crippen molar-refractivity contribution in [2.24, 2.45) is 0 Å². The molecule has 335 valence electrons. The SMILES string of the molecule is CC(C)(C)c1ccc(Nc2cc3c(cc2-c2ccc4c5cc6c(cc5n5c4c2[B]c2cc(C(C)(C)C)ccc2-5)-c2ccccc2C6(C)C)C(C)(C)c2cc4c(cc2-3)C(C)(C)CCC4(C)C)cc1. The Hall–Kier alpha value is -5.80. The monoisotopic (exact) mass is 874 g/mol. The number of aromatic nitrogens is 1. The Balaban J connectivity index is 1.14. The minimum Gasteiger partial charge on any atom is -0.355 e. The van der Waals surface area contributed by atoms with E-state index in [0.29, 0.717) is 0 Å². The Morgan fingerprint density at radius 2 is 1.06 bits per heavy atom. The highest BCUT2D eigenvalue weighted by molar-refractivity contribution is 6.73. The van der Waals surface area contributed by atoms with E-state index in [1.165, 1.54) is 129 Å². The van der Waals surface area contributed by atoms with Gasteiger partial charge in [-0.25, -0.2) is 0 Å². The molecule has 0 atom stereocenters. The van der Waals surface area contributed by atoms with Crippen molar-refractivity contribution in [2.45, 2.75) is 142 Å². The van der Waals surface area contributed by atoms with Crippen LogP contribution in [0.15, 0.2) is 115 Å². The molecule has 2 heterocycles. The number of benzene rings is 7. The van der Waals surface area contributed by atoms with Gasteiger partial charge >= 0.3 is 0 Å². The summed E-state index contributed by atoms with van der Waals surface area (Å²) in [4.78, 5) is 0. The Kier molecular flexibility index (Phi) is 8.55. The third-order valence-electron chi connectivity index (χ3n) is 17.2. The molecule has 3 heteroatoms. The van der Waals surface area contributed by atoms with E-state index in [2.05, 4.69) is 229 Å². The van der Waals surface area contributed by atoms with E-state index in [-0.39, 0.29) is 32.5 Å². The third kappa shape index (κ3) is 6.01. The summed E-state index contributed by atoms with van der Waals surface area (Å²) in [5.41, 5.74) is 28.0. The zero-order valence-corrected chi connectivity index (χ0v) is 42.4. The molecule has 12 rings (SSSR count). The van der Waals surface area contributed by atoms with E-state index in [1.807, 2.05) is 0 Å². The minimum atomic E-state index is -0.184. The standard InChI is InChI=1S/C64H66BN2/c1-59(2,3)36-19-22-38(23-20-36)66-54-33-43-42-30-51-52(62(9,10)28-27-61(51,7)8)35-50(42)64(13,14)48(43)31-45(54)40-24-25-41-46-32-49-44(39-17-15-16-18-47(39)63(49,11)12)34-56(46)67-55-26-21-37(60(4,5)6)29-53(55)65-57(40)58(41)67/h15-26,29-35,66H,27-28H2,1-14H3. The fourth-order valence-corrected chi connectivity index (χ4v) is 12.8. The number of rotatable bonds is 3. The first kappa shape index (κ1) is 42.6. The molecule has 4 aliphatic rings. The van der Waals surface area contributed by atoms with Gasteiger partial charge in [0.15, 0.2) is 7.28 Å². The van der Waals surface area contributed by atoms with Gasteiger partial charge in [-0.05, 0) is 161 Å². The zero-order valence-electron chi connectivity index (χ0n) is 42.4. The first-order valence-corrected chi connectivity index (χ1v) is 25.0. The van der Waals surface area contributed by atoms with Gasteiger partial charge in [0.05, 0.1) is 5.52 Å². The molecule has 67 heavy (non-hydrogen) atoms. The molecule has 7 aromatic carbocycles. The predicted molar refractivity (Wildman–Crippen MR) is 289 cm³/mol. The summed E-state index contributed by atoms with van der Waals surface area (Å²) >= 11 is 0. The van der Waals surface area contributed by atoms with Crippen molar-refractivity contribution in [1.82, 2.24) is 4.57 Å². The lowest BCUT2D eigenvalue weighted by molar-refractivity contribution is 0.331. The van der Waals surface area contributed by atoms with Crippen LogP contribution in [-0.4, -0.2) is 11.8 Å². The highest BCUT2D eigenvalue weighted by Gasteiger charge is 2.44. The Morgan fingerprint density at radius 1 is 0.478 bits per heavy atom. The molecule has 0 fully saturated rings. The maximum Gasteiger partial charge on any atom is 0.197 e. The van der Waals surface area contributed by atoms with Crippen molar-refractivity contribution in [3.8, 4) is 39.1 Å². The Labute approximate surface area is 400 Å². The second kappa shape index (κ2) is 13.5. The maximum absolute atomic E-state index is 4.06. The van der Waals surface area contributed by atoms with Crippen LogP contribution in [0.2, 0.25) is 0 Å². The van der Waals surface area contributed by atoms with Crippen LogP contribution in [0.3, 0.4) is 0 Å². The van der Waals surface area contributed by atoms with Crippen LogP contribution in [0.4, 0.5) is 11.4 Å². The van der Waals surface area contributed by atoms with Crippen molar-refractivity contribution in [1.29, 1.82) is 0 Å². The molecule has 2 nitrogen and oxygen atoms in total. The Bertz CT molecular complexity index is 3460. The van der Waals surface area contributed by atoms with Gasteiger partial charge in [0.25, 0.3) is 0 Å². The summed E-state index contributed by atoms with van der Waals surface area (Å²) in [5.74, 6) is 0. The van der Waals surface area contributed by atoms with Crippen molar-refractivity contribution in [3.63, 3.8) is 0 Å². The molecule has 1 radical (unpaired) electrons. The van der Waals surface area contributed by atoms with Gasteiger partial charge in [0.2, 0.25) is 0 Å². The zero-order chi connectivity index (χ0) is 47.1. The van der Waals surface area contributed by atoms with Gasteiger partial charge in [-0.3, -0.25) is 0 Å². The molecule has 0 spiro atoms. The molecular formula is C64H66BN2. The van der Waals surface area contributed by atoms with Gasteiger partial charge < -0.3 is 9.88 Å². The second-order valence-corrected chi connectivity index (χ2v) is 25.2. The van der Waals surface area contributed by atoms with E-state index < -0.39 is 0 Å². The lowest BCUT2D eigenvalue weighted by Gasteiger charge is -2.42. The maximum atomic E-state index is 4.06. The first-order chi connectivity index (χ1) is 31.4. The highest BCUT2D eigenvalue weighted by atomic mass is 15.0. The van der Waals surface area contributed by atoms with Crippen LogP contribution in [0.1, 0.15) is 154 Å². The highest BCUT2D eigenvalue weighted by Crippen LogP contribution is 2.57. The summed E-state index contributed by atoms with van der Waals surface area (Å²) in [6.45, 7) is 33.4. The quantitative estimate of drug-likeness (QED) is 0.175. The van der Waals surface area contributed by atoms with Crippen molar-refractivity contribution >= 4 is 51.4 Å². The smallest absolute Gasteiger partial charge is 0.197 e. The molecular weight excluding hydrogens is 808 g/mol. The van der Waals surface area contributed by atoms with Crippen LogP contribution < -0.4 is 16.2 Å². The first-order valence-electron chi connectivity index (χ1n) is 25.0. The molecule has 0 bridgehead atoms. The summed E-state index contributed by atoms with van der Waals surface area (Å²) in [6.07, 6.45) is 2.41. The summed E-state index contributed by atoms with van der Waals surface area (Å²) in [6, 6.07) is 45.6. The molecule has 1 aliphatic heterocycles. The molecule has 0 saturated carbocycles. The average molecular weight is 874 g/mol. The number of hydrogen-bond donors (Lipinski definition) is 1. The predicted octanol–water partition coefficient (Wildman–Crippen LogP) is 15.7. The second-order valence-electron chi connectivity index (χ2n) is 25.2. The van der Waals surface area contributed by atoms with Crippen molar-refractivity contribution < 1.29 is 0 Å². The van der Waals surface area contributed by atoms with E-state index in [0.717, 1.165) is 11.4 Å². The lowest BCUT2D eigenvalue weighted by Crippen LogP contribution is -2.38. The summed E-state index contributed by atoms with van der Waals surface area (Å²) in [7, 11) is 2.52. The fraction of sp³-hybridized carbons (Fsp3) is 0.344. The number of fused-ring (bicyclic) bond motifs is 12. The van der Waals surface area contributed by atoms with Gasteiger partial charge in [-0.15, -0.1) is 0 Å². The van der Waals surface area contributed by atoms with Crippen LogP contribution >= 0.6 is 0 Å². The average Bonchev–Trinajstić information content (AvgIpc) is 3.80. The normalized spacial score (nSPS) is 17.6. The molecule has 1 N–H and O–H groups in total. The van der Waals surface area contributed by atoms with Gasteiger partial charge in [-0.2, -0.15) is 0 Å². The summed E-state index contributed by atoms with van der Waals surface area (Å²) in [5, 5.41) is 6.69. The molecule has 3 aliphatic carbocycles. The van der Waals surface area contributed by atoms with Crippen LogP contribution in [-0.2, 0) is 32.5 Å². The van der Waals surface area contributed by atoms with Crippen molar-refractivity contribution in [3.05, 3.63) is 160 Å². The van der Waals surface area contributed by atoms with Gasteiger partial charge in [0, 0.05) is 49.7 Å². The van der Waals surface area contributed by atoms with Gasteiger partial charge in [0.1, 0.15) is 0 Å². The molecule has 0 amide bonds. The van der Waals surface area contributed by atoms with Crippen LogP contribution in [0.25, 0.3) is 60.9 Å². The molecule has 0 saturated heterocycles.